The van der Waals surface area contributed by atoms with Gasteiger partial charge >= 0.3 is 0 Å². The van der Waals surface area contributed by atoms with Crippen LogP contribution in [0.15, 0.2) is 48.5 Å². The molecule has 2 rings (SSSR count). The van der Waals surface area contributed by atoms with Gasteiger partial charge in [-0.3, -0.25) is 4.79 Å². The van der Waals surface area contributed by atoms with Crippen LogP contribution < -0.4 is 10.1 Å². The average Bonchev–Trinajstić information content (AvgIpc) is 2.40. The maximum absolute atomic E-state index is 13.1. The Kier molecular flexibility index (Phi) is 3.57. The molecule has 0 saturated heterocycles. The third kappa shape index (κ3) is 2.66. The minimum absolute atomic E-state index is 0.168. The highest BCUT2D eigenvalue weighted by Gasteiger charge is 2.13. The highest BCUT2D eigenvalue weighted by atomic mass is 19.1. The summed E-state index contributed by atoms with van der Waals surface area (Å²) in [6.07, 6.45) is 0. The zero-order valence-electron chi connectivity index (χ0n) is 9.81. The summed E-state index contributed by atoms with van der Waals surface area (Å²) in [6, 6.07) is 12.8. The van der Waals surface area contributed by atoms with Gasteiger partial charge in [-0.2, -0.15) is 0 Å². The molecule has 0 heterocycles. The van der Waals surface area contributed by atoms with Gasteiger partial charge in [0.15, 0.2) is 0 Å². The number of halogens is 1. The molecule has 2 aromatic carbocycles. The van der Waals surface area contributed by atoms with Crippen LogP contribution in [0.5, 0.6) is 5.75 Å². The Morgan fingerprint density at radius 3 is 2.56 bits per heavy atom. The van der Waals surface area contributed by atoms with E-state index < -0.39 is 11.7 Å². The van der Waals surface area contributed by atoms with Gasteiger partial charge in [-0.15, -0.1) is 0 Å². The van der Waals surface area contributed by atoms with Crippen LogP contribution >= 0.6 is 0 Å². The number of nitrogens with one attached hydrogen (secondary N) is 1. The number of amides is 1. The van der Waals surface area contributed by atoms with E-state index in [1.807, 2.05) is 6.07 Å². The lowest BCUT2D eigenvalue weighted by Crippen LogP contribution is -2.13. The van der Waals surface area contributed by atoms with E-state index in [1.54, 1.807) is 24.3 Å². The van der Waals surface area contributed by atoms with Gasteiger partial charge in [0.25, 0.3) is 5.91 Å². The number of hydrogen-bond acceptors (Lipinski definition) is 2. The van der Waals surface area contributed by atoms with E-state index in [4.69, 9.17) is 4.74 Å². The molecule has 3 nitrogen and oxygen atoms in total. The number of carbonyl (C=O) groups excluding carboxylic acids is 1. The molecule has 0 bridgehead atoms. The highest BCUT2D eigenvalue weighted by Crippen LogP contribution is 2.20. The van der Waals surface area contributed by atoms with E-state index in [0.717, 1.165) is 6.07 Å². The second-order valence-electron chi connectivity index (χ2n) is 3.66. The van der Waals surface area contributed by atoms with Crippen LogP contribution in [0.2, 0.25) is 0 Å². The number of carbonyl (C=O) groups is 1. The summed E-state index contributed by atoms with van der Waals surface area (Å²) in [5.41, 5.74) is 0.815. The fraction of sp³-hybridized carbons (Fsp3) is 0.0714. The third-order valence-electron chi connectivity index (χ3n) is 2.44. The predicted molar refractivity (Wildman–Crippen MR) is 67.3 cm³/mol. The van der Waals surface area contributed by atoms with Crippen molar-refractivity contribution in [2.45, 2.75) is 0 Å². The normalized spacial score (nSPS) is 9.89. The predicted octanol–water partition coefficient (Wildman–Crippen LogP) is 3.09. The lowest BCUT2D eigenvalue weighted by molar-refractivity contribution is 0.102. The summed E-state index contributed by atoms with van der Waals surface area (Å²) in [6.45, 7) is 0. The summed E-state index contributed by atoms with van der Waals surface area (Å²) in [5, 5.41) is 2.67. The van der Waals surface area contributed by atoms with Gasteiger partial charge < -0.3 is 10.1 Å². The van der Waals surface area contributed by atoms with Crippen molar-refractivity contribution < 1.29 is 13.9 Å². The Morgan fingerprint density at radius 2 is 1.89 bits per heavy atom. The van der Waals surface area contributed by atoms with E-state index >= 15 is 0 Å². The fourth-order valence-corrected chi connectivity index (χ4v) is 1.58. The third-order valence-corrected chi connectivity index (χ3v) is 2.44. The topological polar surface area (TPSA) is 38.3 Å². The number of benzene rings is 2. The van der Waals surface area contributed by atoms with Crippen molar-refractivity contribution in [2.24, 2.45) is 0 Å². The second kappa shape index (κ2) is 5.31. The lowest BCUT2D eigenvalue weighted by atomic mass is 10.1. The summed E-state index contributed by atoms with van der Waals surface area (Å²) in [7, 11) is 1.44. The number of para-hydroxylation sites is 1. The van der Waals surface area contributed by atoms with E-state index in [0.29, 0.717) is 11.4 Å². The van der Waals surface area contributed by atoms with Crippen LogP contribution in [0.3, 0.4) is 0 Å². The molecule has 1 amide bonds. The Bertz CT molecular complexity index is 555. The minimum atomic E-state index is -0.478. The summed E-state index contributed by atoms with van der Waals surface area (Å²) >= 11 is 0. The minimum Gasteiger partial charge on any atom is -0.496 e. The van der Waals surface area contributed by atoms with Gasteiger partial charge in [0.2, 0.25) is 0 Å². The second-order valence-corrected chi connectivity index (χ2v) is 3.66. The number of ether oxygens (including phenoxy) is 1. The van der Waals surface area contributed by atoms with Gasteiger partial charge in [-0.25, -0.2) is 4.39 Å². The molecule has 1 N–H and O–H groups in total. The first-order chi connectivity index (χ1) is 8.70. The highest BCUT2D eigenvalue weighted by molar-refractivity contribution is 6.06. The quantitative estimate of drug-likeness (QED) is 0.902. The molecule has 0 atom stereocenters. The number of hydrogen-bond donors (Lipinski definition) is 1. The number of rotatable bonds is 3. The zero-order chi connectivity index (χ0) is 13.0. The molecule has 92 valence electrons. The van der Waals surface area contributed by atoms with Crippen LogP contribution in [-0.4, -0.2) is 13.0 Å². The molecule has 0 aromatic heterocycles. The van der Waals surface area contributed by atoms with Crippen molar-refractivity contribution in [1.82, 2.24) is 0 Å². The van der Waals surface area contributed by atoms with Crippen LogP contribution in [0.4, 0.5) is 10.1 Å². The summed E-state index contributed by atoms with van der Waals surface area (Å²) in [4.78, 5) is 12.0. The molecular formula is C14H12FNO2. The number of methoxy groups -OCH3 is 1. The summed E-state index contributed by atoms with van der Waals surface area (Å²) in [5.74, 6) is -0.545. The van der Waals surface area contributed by atoms with Crippen molar-refractivity contribution in [3.05, 3.63) is 59.9 Å². The largest absolute Gasteiger partial charge is 0.496 e. The fourth-order valence-electron chi connectivity index (χ4n) is 1.58. The smallest absolute Gasteiger partial charge is 0.259 e. The first-order valence-electron chi connectivity index (χ1n) is 5.40. The van der Waals surface area contributed by atoms with E-state index in [1.165, 1.54) is 19.2 Å². The molecule has 0 aliphatic heterocycles. The van der Waals surface area contributed by atoms with Crippen LogP contribution in [0.25, 0.3) is 0 Å². The summed E-state index contributed by atoms with van der Waals surface area (Å²) < 4.78 is 18.2. The van der Waals surface area contributed by atoms with Crippen molar-refractivity contribution in [3.63, 3.8) is 0 Å². The molecule has 18 heavy (non-hydrogen) atoms. The molecular weight excluding hydrogens is 233 g/mol. The maximum atomic E-state index is 13.1. The SMILES string of the molecule is COc1ccc(F)cc1C(=O)Nc1ccccc1. The monoisotopic (exact) mass is 245 g/mol. The molecule has 0 spiro atoms. The molecule has 0 aliphatic carbocycles. The average molecular weight is 245 g/mol. The maximum Gasteiger partial charge on any atom is 0.259 e. The van der Waals surface area contributed by atoms with E-state index in [-0.39, 0.29) is 5.56 Å². The van der Waals surface area contributed by atoms with Gasteiger partial charge in [0, 0.05) is 5.69 Å². The van der Waals surface area contributed by atoms with Crippen LogP contribution in [0.1, 0.15) is 10.4 Å². The first kappa shape index (κ1) is 12.1. The van der Waals surface area contributed by atoms with Crippen LogP contribution in [-0.2, 0) is 0 Å². The molecule has 0 saturated carbocycles. The van der Waals surface area contributed by atoms with Crippen molar-refractivity contribution in [3.8, 4) is 5.75 Å². The van der Waals surface area contributed by atoms with E-state index in [2.05, 4.69) is 5.32 Å². The number of anilines is 1. The molecule has 2 aromatic rings. The molecule has 0 fully saturated rings. The Balaban J connectivity index is 2.26. The lowest BCUT2D eigenvalue weighted by Gasteiger charge is -2.09. The zero-order valence-corrected chi connectivity index (χ0v) is 9.81. The van der Waals surface area contributed by atoms with Gasteiger partial charge in [0.05, 0.1) is 12.7 Å². The van der Waals surface area contributed by atoms with E-state index in [9.17, 15) is 9.18 Å². The van der Waals surface area contributed by atoms with Crippen molar-refractivity contribution >= 4 is 11.6 Å². The van der Waals surface area contributed by atoms with Gasteiger partial charge in [0.1, 0.15) is 11.6 Å². The Morgan fingerprint density at radius 1 is 1.17 bits per heavy atom. The standard InChI is InChI=1S/C14H12FNO2/c1-18-13-8-7-10(15)9-12(13)14(17)16-11-5-3-2-4-6-11/h2-9H,1H3,(H,16,17). The molecule has 0 unspecified atom stereocenters. The van der Waals surface area contributed by atoms with Gasteiger partial charge in [-0.1, -0.05) is 18.2 Å². The van der Waals surface area contributed by atoms with Crippen molar-refractivity contribution in [2.75, 3.05) is 12.4 Å². The first-order valence-corrected chi connectivity index (χ1v) is 5.40. The molecule has 4 heteroatoms. The van der Waals surface area contributed by atoms with Gasteiger partial charge in [-0.05, 0) is 30.3 Å². The molecule has 0 radical (unpaired) electrons. The van der Waals surface area contributed by atoms with Crippen molar-refractivity contribution in [1.29, 1.82) is 0 Å². The van der Waals surface area contributed by atoms with Crippen LogP contribution in [0, 0.1) is 5.82 Å². The Hall–Kier alpha value is -2.36. The molecule has 0 aliphatic rings. The Labute approximate surface area is 104 Å².